The number of benzene rings is 2. The summed E-state index contributed by atoms with van der Waals surface area (Å²) in [7, 11) is 1.67. The van der Waals surface area contributed by atoms with E-state index in [1.165, 1.54) is 12.1 Å². The van der Waals surface area contributed by atoms with Gasteiger partial charge in [0.15, 0.2) is 11.5 Å². The first-order valence-corrected chi connectivity index (χ1v) is 13.6. The predicted molar refractivity (Wildman–Crippen MR) is 157 cm³/mol. The Labute approximate surface area is 249 Å². The first-order valence-electron chi connectivity index (χ1n) is 13.6. The summed E-state index contributed by atoms with van der Waals surface area (Å²) in [5.74, 6) is -1.27. The van der Waals surface area contributed by atoms with Gasteiger partial charge in [-0.25, -0.2) is 19.3 Å². The lowest BCUT2D eigenvalue weighted by atomic mass is 10.1. The second-order valence-corrected chi connectivity index (χ2v) is 9.87. The van der Waals surface area contributed by atoms with Crippen molar-refractivity contribution in [1.29, 1.82) is 0 Å². The molecule has 14 heteroatoms. The van der Waals surface area contributed by atoms with E-state index in [9.17, 15) is 27.2 Å². The topological polar surface area (TPSA) is 124 Å². The number of carbonyl (C=O) groups excluding carboxylic acids is 2. The molecule has 0 radical (unpaired) electrons. The SMILES string of the molecule is CNc1ncc(-c2ccc(CNc3ncc(C(F)(F)F)cc3C(=O)Nc3ccc(F)cc3)cc2)nc1C(=O)N1CCNCC1. The van der Waals surface area contributed by atoms with Crippen molar-refractivity contribution in [3.8, 4) is 11.3 Å². The van der Waals surface area contributed by atoms with Gasteiger partial charge < -0.3 is 26.2 Å². The molecule has 2 aromatic carbocycles. The maximum Gasteiger partial charge on any atom is 0.417 e. The van der Waals surface area contributed by atoms with Crippen LogP contribution in [0, 0.1) is 5.82 Å². The number of hydrogen-bond acceptors (Lipinski definition) is 8. The lowest BCUT2D eigenvalue weighted by molar-refractivity contribution is -0.137. The summed E-state index contributed by atoms with van der Waals surface area (Å²) < 4.78 is 53.4. The van der Waals surface area contributed by atoms with Gasteiger partial charge in [-0.05, 0) is 35.9 Å². The summed E-state index contributed by atoms with van der Waals surface area (Å²) in [6.45, 7) is 2.67. The highest BCUT2D eigenvalue weighted by atomic mass is 19.4. The van der Waals surface area contributed by atoms with Gasteiger partial charge in [0.2, 0.25) is 0 Å². The van der Waals surface area contributed by atoms with Gasteiger partial charge in [0, 0.05) is 57.2 Å². The van der Waals surface area contributed by atoms with E-state index in [4.69, 9.17) is 0 Å². The fourth-order valence-electron chi connectivity index (χ4n) is 4.52. The molecule has 228 valence electrons. The van der Waals surface area contributed by atoms with Crippen molar-refractivity contribution >= 4 is 29.1 Å². The Morgan fingerprint density at radius 3 is 2.30 bits per heavy atom. The van der Waals surface area contributed by atoms with Crippen molar-refractivity contribution in [2.75, 3.05) is 49.2 Å². The van der Waals surface area contributed by atoms with Crippen molar-refractivity contribution < 1.29 is 27.2 Å². The third-order valence-electron chi connectivity index (χ3n) is 6.89. The van der Waals surface area contributed by atoms with Crippen LogP contribution < -0.4 is 21.3 Å². The summed E-state index contributed by atoms with van der Waals surface area (Å²) in [4.78, 5) is 40.6. The average molecular weight is 609 g/mol. The van der Waals surface area contributed by atoms with Crippen LogP contribution in [0.3, 0.4) is 0 Å². The Hall–Kier alpha value is -5.11. The van der Waals surface area contributed by atoms with Gasteiger partial charge >= 0.3 is 6.18 Å². The Morgan fingerprint density at radius 1 is 0.955 bits per heavy atom. The van der Waals surface area contributed by atoms with Crippen LogP contribution in [0.5, 0.6) is 0 Å². The minimum atomic E-state index is -4.71. The molecule has 0 saturated carbocycles. The van der Waals surface area contributed by atoms with E-state index in [2.05, 4.69) is 36.2 Å². The van der Waals surface area contributed by atoms with E-state index in [1.54, 1.807) is 42.4 Å². The number of carbonyl (C=O) groups is 2. The number of pyridine rings is 1. The average Bonchev–Trinajstić information content (AvgIpc) is 3.04. The molecule has 1 fully saturated rings. The minimum absolute atomic E-state index is 0.0636. The van der Waals surface area contributed by atoms with Crippen LogP contribution in [0.2, 0.25) is 0 Å². The summed E-state index contributed by atoms with van der Waals surface area (Å²) >= 11 is 0. The maximum atomic E-state index is 13.4. The number of nitrogens with one attached hydrogen (secondary N) is 4. The van der Waals surface area contributed by atoms with Crippen LogP contribution in [0.15, 0.2) is 67.0 Å². The first kappa shape index (κ1) is 30.4. The van der Waals surface area contributed by atoms with Gasteiger partial charge in [-0.3, -0.25) is 9.59 Å². The molecule has 0 atom stereocenters. The zero-order valence-corrected chi connectivity index (χ0v) is 23.5. The number of piperazine rings is 1. The molecule has 0 spiro atoms. The molecule has 1 saturated heterocycles. The van der Waals surface area contributed by atoms with Crippen molar-refractivity contribution in [2.45, 2.75) is 12.7 Å². The lowest BCUT2D eigenvalue weighted by Gasteiger charge is -2.27. The molecule has 44 heavy (non-hydrogen) atoms. The standard InChI is InChI=1S/C30H28F4N8O2/c1-35-27-25(29(44)42-12-10-36-11-13-42)41-24(17-39-27)19-4-2-18(3-5-19)15-37-26-23(14-20(16-38-26)30(32,33)34)28(43)40-22-8-6-21(31)7-9-22/h2-9,14,16-17,36H,10-13,15H2,1H3,(H,35,39)(H,37,38)(H,40,43). The van der Waals surface area contributed by atoms with Crippen molar-refractivity contribution in [1.82, 2.24) is 25.2 Å². The van der Waals surface area contributed by atoms with Gasteiger partial charge in [0.25, 0.3) is 11.8 Å². The van der Waals surface area contributed by atoms with Crippen LogP contribution in [-0.2, 0) is 12.7 Å². The van der Waals surface area contributed by atoms with Crippen molar-refractivity contribution in [3.05, 3.63) is 95.2 Å². The second-order valence-electron chi connectivity index (χ2n) is 9.87. The highest BCUT2D eigenvalue weighted by molar-refractivity contribution is 6.07. The van der Waals surface area contributed by atoms with Crippen LogP contribution in [0.4, 0.5) is 34.9 Å². The fraction of sp³-hybridized carbons (Fsp3) is 0.233. The van der Waals surface area contributed by atoms with Gasteiger partial charge in [-0.15, -0.1) is 0 Å². The van der Waals surface area contributed by atoms with E-state index in [0.29, 0.717) is 55.5 Å². The van der Waals surface area contributed by atoms with Crippen LogP contribution in [-0.4, -0.2) is 64.9 Å². The summed E-state index contributed by atoms with van der Waals surface area (Å²) in [5.41, 5.74) is 0.935. The van der Waals surface area contributed by atoms with Crippen LogP contribution in [0.1, 0.15) is 32.0 Å². The number of anilines is 3. The van der Waals surface area contributed by atoms with Gasteiger partial charge in [-0.1, -0.05) is 24.3 Å². The molecule has 0 bridgehead atoms. The quantitative estimate of drug-likeness (QED) is 0.213. The second kappa shape index (κ2) is 13.0. The minimum Gasteiger partial charge on any atom is -0.371 e. The number of nitrogens with zero attached hydrogens (tertiary/aromatic N) is 4. The van der Waals surface area contributed by atoms with E-state index >= 15 is 0 Å². The molecule has 3 heterocycles. The Bertz CT molecular complexity index is 1640. The largest absolute Gasteiger partial charge is 0.417 e. The zero-order valence-electron chi connectivity index (χ0n) is 23.5. The Balaban J connectivity index is 1.33. The predicted octanol–water partition coefficient (Wildman–Crippen LogP) is 4.65. The molecule has 5 rings (SSSR count). The number of alkyl halides is 3. The number of halogens is 4. The molecule has 0 unspecified atom stereocenters. The van der Waals surface area contributed by atoms with Crippen LogP contribution in [0.25, 0.3) is 11.3 Å². The highest BCUT2D eigenvalue weighted by Gasteiger charge is 2.32. The smallest absolute Gasteiger partial charge is 0.371 e. The summed E-state index contributed by atoms with van der Waals surface area (Å²) in [6, 6.07) is 12.6. The van der Waals surface area contributed by atoms with E-state index in [-0.39, 0.29) is 35.2 Å². The monoisotopic (exact) mass is 608 g/mol. The summed E-state index contributed by atoms with van der Waals surface area (Å²) in [5, 5.41) is 11.5. The number of amides is 2. The Morgan fingerprint density at radius 2 is 1.64 bits per heavy atom. The molecule has 4 N–H and O–H groups in total. The summed E-state index contributed by atoms with van der Waals surface area (Å²) in [6.07, 6.45) is -2.51. The number of rotatable bonds is 8. The first-order chi connectivity index (χ1) is 21.1. The van der Waals surface area contributed by atoms with E-state index in [0.717, 1.165) is 17.7 Å². The number of hydrogen-bond donors (Lipinski definition) is 4. The molecule has 10 nitrogen and oxygen atoms in total. The molecule has 1 aliphatic rings. The fourth-order valence-corrected chi connectivity index (χ4v) is 4.52. The molecule has 0 aliphatic carbocycles. The van der Waals surface area contributed by atoms with E-state index < -0.39 is 23.5 Å². The molecular formula is C30H28F4N8O2. The molecule has 4 aromatic rings. The lowest BCUT2D eigenvalue weighted by Crippen LogP contribution is -2.46. The van der Waals surface area contributed by atoms with Crippen molar-refractivity contribution in [2.24, 2.45) is 0 Å². The molecule has 2 amide bonds. The van der Waals surface area contributed by atoms with Gasteiger partial charge in [0.05, 0.1) is 23.0 Å². The third-order valence-corrected chi connectivity index (χ3v) is 6.89. The van der Waals surface area contributed by atoms with Crippen LogP contribution >= 0.6 is 0 Å². The molecular weight excluding hydrogens is 580 g/mol. The molecule has 2 aromatic heterocycles. The maximum absolute atomic E-state index is 13.4. The van der Waals surface area contributed by atoms with Crippen molar-refractivity contribution in [3.63, 3.8) is 0 Å². The van der Waals surface area contributed by atoms with Gasteiger partial charge in [-0.2, -0.15) is 13.2 Å². The number of aromatic nitrogens is 3. The highest BCUT2D eigenvalue weighted by Crippen LogP contribution is 2.31. The van der Waals surface area contributed by atoms with E-state index in [1.807, 2.05) is 0 Å². The third kappa shape index (κ3) is 7.09. The molecule has 1 aliphatic heterocycles. The normalized spacial score (nSPS) is 13.3. The van der Waals surface area contributed by atoms with Gasteiger partial charge in [0.1, 0.15) is 11.6 Å². The zero-order chi connectivity index (χ0) is 31.3. The Kier molecular flexibility index (Phi) is 8.99.